The molecule has 0 bridgehead atoms. The minimum atomic E-state index is -0.508. The number of phenolic OH excluding ortho intramolecular Hbond substituents is 1. The highest BCUT2D eigenvalue weighted by Gasteiger charge is 2.35. The van der Waals surface area contributed by atoms with E-state index in [4.69, 9.17) is 0 Å². The number of rotatable bonds is 5. The molecule has 8 heteroatoms. The van der Waals surface area contributed by atoms with Crippen molar-refractivity contribution in [1.82, 2.24) is 4.90 Å². The standard InChI is InChI=1S/C19H15FN2O4S/c20-13-3-1-2-12(10-13)11-16-18(25)22(19(26)27-16)9-8-17(24)21-14-4-6-15(23)7-5-14/h1-7,10-11,23H,8-9H2,(H,21,24). The number of imide groups is 1. The Hall–Kier alpha value is -3.13. The van der Waals surface area contributed by atoms with Gasteiger partial charge in [0.1, 0.15) is 11.6 Å². The first kappa shape index (κ1) is 18.7. The van der Waals surface area contributed by atoms with E-state index >= 15 is 0 Å². The van der Waals surface area contributed by atoms with Crippen LogP contribution >= 0.6 is 11.8 Å². The lowest BCUT2D eigenvalue weighted by atomic mass is 10.2. The fraction of sp³-hybridized carbons (Fsp3) is 0.105. The molecule has 2 aromatic carbocycles. The zero-order valence-electron chi connectivity index (χ0n) is 14.0. The molecule has 3 amide bonds. The van der Waals surface area contributed by atoms with Crippen molar-refractivity contribution in [3.63, 3.8) is 0 Å². The van der Waals surface area contributed by atoms with Gasteiger partial charge in [0.25, 0.3) is 11.1 Å². The molecule has 2 aromatic rings. The lowest BCUT2D eigenvalue weighted by Gasteiger charge is -2.12. The van der Waals surface area contributed by atoms with Gasteiger partial charge in [-0.3, -0.25) is 19.3 Å². The molecule has 0 atom stereocenters. The number of hydrogen-bond acceptors (Lipinski definition) is 5. The minimum Gasteiger partial charge on any atom is -0.508 e. The molecule has 1 aliphatic rings. The van der Waals surface area contributed by atoms with Crippen LogP contribution in [0.15, 0.2) is 53.4 Å². The molecule has 1 heterocycles. The van der Waals surface area contributed by atoms with E-state index in [1.807, 2.05) is 0 Å². The van der Waals surface area contributed by atoms with Crippen molar-refractivity contribution in [3.8, 4) is 5.75 Å². The van der Waals surface area contributed by atoms with Crippen LogP contribution in [0.25, 0.3) is 6.08 Å². The van der Waals surface area contributed by atoms with E-state index in [1.165, 1.54) is 48.5 Å². The van der Waals surface area contributed by atoms with Gasteiger partial charge in [-0.05, 0) is 59.8 Å². The first-order chi connectivity index (χ1) is 12.9. The van der Waals surface area contributed by atoms with Gasteiger partial charge in [0.05, 0.1) is 4.91 Å². The zero-order chi connectivity index (χ0) is 19.4. The van der Waals surface area contributed by atoms with Crippen LogP contribution in [0.3, 0.4) is 0 Å². The molecule has 2 N–H and O–H groups in total. The van der Waals surface area contributed by atoms with E-state index in [1.54, 1.807) is 6.07 Å². The molecule has 0 aliphatic carbocycles. The summed E-state index contributed by atoms with van der Waals surface area (Å²) >= 11 is 0.756. The summed E-state index contributed by atoms with van der Waals surface area (Å²) in [4.78, 5) is 37.6. The van der Waals surface area contributed by atoms with Crippen LogP contribution in [0.5, 0.6) is 5.75 Å². The van der Waals surface area contributed by atoms with Crippen molar-refractivity contribution < 1.29 is 23.9 Å². The summed E-state index contributed by atoms with van der Waals surface area (Å²) in [5, 5.41) is 11.4. The fourth-order valence-corrected chi connectivity index (χ4v) is 3.29. The lowest BCUT2D eigenvalue weighted by molar-refractivity contribution is -0.123. The van der Waals surface area contributed by atoms with E-state index in [0.717, 1.165) is 16.7 Å². The number of amides is 3. The Balaban J connectivity index is 1.60. The first-order valence-corrected chi connectivity index (χ1v) is 8.84. The number of thioether (sulfide) groups is 1. The largest absolute Gasteiger partial charge is 0.508 e. The molecule has 0 saturated carbocycles. The number of carbonyl (C=O) groups excluding carboxylic acids is 3. The van der Waals surface area contributed by atoms with Gasteiger partial charge >= 0.3 is 0 Å². The maximum Gasteiger partial charge on any atom is 0.293 e. The zero-order valence-corrected chi connectivity index (χ0v) is 14.8. The quantitative estimate of drug-likeness (QED) is 0.606. The predicted octanol–water partition coefficient (Wildman–Crippen LogP) is 3.60. The number of halogens is 1. The summed E-state index contributed by atoms with van der Waals surface area (Å²) in [5.74, 6) is -1.23. The van der Waals surface area contributed by atoms with Gasteiger partial charge in [-0.2, -0.15) is 0 Å². The molecule has 138 valence electrons. The van der Waals surface area contributed by atoms with Crippen LogP contribution in [-0.4, -0.2) is 33.6 Å². The first-order valence-electron chi connectivity index (χ1n) is 8.02. The summed E-state index contributed by atoms with van der Waals surface area (Å²) in [6.07, 6.45) is 1.39. The van der Waals surface area contributed by atoms with Crippen LogP contribution in [0.2, 0.25) is 0 Å². The van der Waals surface area contributed by atoms with Crippen LogP contribution in [-0.2, 0) is 9.59 Å². The SMILES string of the molecule is O=C(CCN1C(=O)SC(=Cc2cccc(F)c2)C1=O)Nc1ccc(O)cc1. The summed E-state index contributed by atoms with van der Waals surface area (Å²) in [5.41, 5.74) is 0.975. The van der Waals surface area contributed by atoms with Gasteiger partial charge in [0.15, 0.2) is 0 Å². The number of aromatic hydroxyl groups is 1. The number of anilines is 1. The highest BCUT2D eigenvalue weighted by molar-refractivity contribution is 8.18. The lowest BCUT2D eigenvalue weighted by Crippen LogP contribution is -2.31. The van der Waals surface area contributed by atoms with Gasteiger partial charge in [-0.1, -0.05) is 12.1 Å². The van der Waals surface area contributed by atoms with Gasteiger partial charge in [0, 0.05) is 18.7 Å². The summed E-state index contributed by atoms with van der Waals surface area (Å²) < 4.78 is 13.2. The van der Waals surface area contributed by atoms with Crippen molar-refractivity contribution in [2.24, 2.45) is 0 Å². The summed E-state index contributed by atoms with van der Waals surface area (Å²) in [7, 11) is 0. The van der Waals surface area contributed by atoms with Crippen LogP contribution in [0.4, 0.5) is 14.9 Å². The number of nitrogens with zero attached hydrogens (tertiary/aromatic N) is 1. The molecule has 1 saturated heterocycles. The average Bonchev–Trinajstić information content (AvgIpc) is 2.88. The number of hydrogen-bond donors (Lipinski definition) is 2. The van der Waals surface area contributed by atoms with Crippen molar-refractivity contribution in [2.75, 3.05) is 11.9 Å². The molecule has 1 aliphatic heterocycles. The van der Waals surface area contributed by atoms with Gasteiger partial charge in [0.2, 0.25) is 5.91 Å². The molecule has 0 spiro atoms. The molecule has 27 heavy (non-hydrogen) atoms. The normalized spacial score (nSPS) is 15.4. The van der Waals surface area contributed by atoms with Crippen LogP contribution in [0.1, 0.15) is 12.0 Å². The Bertz CT molecular complexity index is 928. The Kier molecular flexibility index (Phi) is 5.56. The molecule has 0 unspecified atom stereocenters. The Morgan fingerprint density at radius 1 is 1.19 bits per heavy atom. The Morgan fingerprint density at radius 3 is 2.63 bits per heavy atom. The third-order valence-corrected chi connectivity index (χ3v) is 4.64. The maximum absolute atomic E-state index is 13.2. The van der Waals surface area contributed by atoms with E-state index in [9.17, 15) is 23.9 Å². The van der Waals surface area contributed by atoms with E-state index in [0.29, 0.717) is 11.3 Å². The molecule has 0 aromatic heterocycles. The number of nitrogens with one attached hydrogen (secondary N) is 1. The minimum absolute atomic E-state index is 0.0604. The van der Waals surface area contributed by atoms with E-state index in [2.05, 4.69) is 5.32 Å². The molecule has 0 radical (unpaired) electrons. The second kappa shape index (κ2) is 8.05. The highest BCUT2D eigenvalue weighted by Crippen LogP contribution is 2.32. The van der Waals surface area contributed by atoms with Crippen molar-refractivity contribution in [3.05, 3.63) is 64.8 Å². The second-order valence-electron chi connectivity index (χ2n) is 5.73. The number of phenols is 1. The Labute approximate surface area is 158 Å². The summed E-state index contributed by atoms with van der Waals surface area (Å²) in [6.45, 7) is -0.0604. The van der Waals surface area contributed by atoms with Gasteiger partial charge in [-0.15, -0.1) is 0 Å². The van der Waals surface area contributed by atoms with Gasteiger partial charge < -0.3 is 10.4 Å². The molecule has 1 fully saturated rings. The van der Waals surface area contributed by atoms with Crippen molar-refractivity contribution in [2.45, 2.75) is 6.42 Å². The summed E-state index contributed by atoms with van der Waals surface area (Å²) in [6, 6.07) is 11.6. The molecular weight excluding hydrogens is 371 g/mol. The highest BCUT2D eigenvalue weighted by atomic mass is 32.2. The average molecular weight is 386 g/mol. The molecular formula is C19H15FN2O4S. The monoisotopic (exact) mass is 386 g/mol. The van der Waals surface area contributed by atoms with E-state index < -0.39 is 17.0 Å². The molecule has 6 nitrogen and oxygen atoms in total. The van der Waals surface area contributed by atoms with Crippen molar-refractivity contribution in [1.29, 1.82) is 0 Å². The number of carbonyl (C=O) groups is 3. The number of benzene rings is 2. The smallest absolute Gasteiger partial charge is 0.293 e. The predicted molar refractivity (Wildman–Crippen MR) is 100 cm³/mol. The topological polar surface area (TPSA) is 86.7 Å². The maximum atomic E-state index is 13.2. The van der Waals surface area contributed by atoms with Crippen LogP contribution < -0.4 is 5.32 Å². The third-order valence-electron chi connectivity index (χ3n) is 3.73. The molecule has 3 rings (SSSR count). The Morgan fingerprint density at radius 2 is 1.93 bits per heavy atom. The second-order valence-corrected chi connectivity index (χ2v) is 6.73. The fourth-order valence-electron chi connectivity index (χ4n) is 2.42. The van der Waals surface area contributed by atoms with Crippen molar-refractivity contribution >= 4 is 40.6 Å². The van der Waals surface area contributed by atoms with Gasteiger partial charge in [-0.25, -0.2) is 4.39 Å². The third kappa shape index (κ3) is 4.73. The van der Waals surface area contributed by atoms with Crippen LogP contribution in [0, 0.1) is 5.82 Å². The van der Waals surface area contributed by atoms with E-state index in [-0.39, 0.29) is 29.5 Å².